The Morgan fingerprint density at radius 3 is 1.55 bits per heavy atom. The predicted molar refractivity (Wildman–Crippen MR) is 81.9 cm³/mol. The fourth-order valence-corrected chi connectivity index (χ4v) is 5.37. The highest BCUT2D eigenvalue weighted by atomic mass is 16.6. The molecule has 4 nitrogen and oxygen atoms in total. The molecule has 0 aromatic carbocycles. The summed E-state index contributed by atoms with van der Waals surface area (Å²) in [5, 5.41) is 0. The molecule has 2 bridgehead atoms. The van der Waals surface area contributed by atoms with E-state index in [0.717, 1.165) is 6.42 Å². The van der Waals surface area contributed by atoms with Crippen LogP contribution in [-0.4, -0.2) is 24.1 Å². The molecule has 0 saturated heterocycles. The second-order valence-corrected chi connectivity index (χ2v) is 7.84. The maximum absolute atomic E-state index is 12.6. The molecule has 3 aliphatic rings. The van der Waals surface area contributed by atoms with E-state index < -0.39 is 0 Å². The molecule has 0 heterocycles. The lowest BCUT2D eigenvalue weighted by molar-refractivity contribution is -0.170. The molecule has 6 atom stereocenters. The van der Waals surface area contributed by atoms with Gasteiger partial charge in [-0.1, -0.05) is 6.42 Å². The quantitative estimate of drug-likeness (QED) is 0.748. The molecule has 0 aromatic rings. The number of fused-ring (bicyclic) bond motifs is 5. The van der Waals surface area contributed by atoms with Crippen LogP contribution in [0.15, 0.2) is 0 Å². The number of hydrogen-bond donors (Lipinski definition) is 0. The van der Waals surface area contributed by atoms with E-state index in [-0.39, 0.29) is 36.0 Å². The van der Waals surface area contributed by atoms with Gasteiger partial charge in [0.15, 0.2) is 0 Å². The van der Waals surface area contributed by atoms with Crippen LogP contribution in [0.25, 0.3) is 0 Å². The Balaban J connectivity index is 1.84. The zero-order valence-corrected chi connectivity index (χ0v) is 14.1. The first-order valence-electron chi connectivity index (χ1n) is 8.81. The van der Waals surface area contributed by atoms with Gasteiger partial charge >= 0.3 is 11.9 Å². The van der Waals surface area contributed by atoms with Crippen molar-refractivity contribution in [2.45, 2.75) is 65.6 Å². The van der Waals surface area contributed by atoms with Crippen molar-refractivity contribution in [1.82, 2.24) is 0 Å². The summed E-state index contributed by atoms with van der Waals surface area (Å²) in [5.41, 5.74) is 0. The Bertz CT molecular complexity index is 416. The highest BCUT2D eigenvalue weighted by molar-refractivity contribution is 5.84. The van der Waals surface area contributed by atoms with Crippen LogP contribution in [0.3, 0.4) is 0 Å². The Hall–Kier alpha value is -1.06. The first kappa shape index (κ1) is 15.8. The lowest BCUT2D eigenvalue weighted by Gasteiger charge is -2.36. The van der Waals surface area contributed by atoms with E-state index in [1.165, 1.54) is 19.3 Å². The molecule has 3 rings (SSSR count). The number of hydrogen-bond acceptors (Lipinski definition) is 4. The molecule has 0 N–H and O–H groups in total. The Labute approximate surface area is 132 Å². The van der Waals surface area contributed by atoms with Gasteiger partial charge in [-0.3, -0.25) is 9.59 Å². The van der Waals surface area contributed by atoms with E-state index in [2.05, 4.69) is 0 Å². The summed E-state index contributed by atoms with van der Waals surface area (Å²) >= 11 is 0. The van der Waals surface area contributed by atoms with Crippen molar-refractivity contribution in [3.63, 3.8) is 0 Å². The molecule has 124 valence electrons. The van der Waals surface area contributed by atoms with Gasteiger partial charge in [-0.05, 0) is 70.6 Å². The van der Waals surface area contributed by atoms with Gasteiger partial charge in [0, 0.05) is 0 Å². The first-order chi connectivity index (χ1) is 10.4. The van der Waals surface area contributed by atoms with Crippen molar-refractivity contribution < 1.29 is 19.1 Å². The monoisotopic (exact) mass is 308 g/mol. The number of ether oxygens (including phenoxy) is 2. The van der Waals surface area contributed by atoms with Crippen LogP contribution in [0.5, 0.6) is 0 Å². The molecule has 4 heteroatoms. The fourth-order valence-electron chi connectivity index (χ4n) is 5.37. The van der Waals surface area contributed by atoms with Crippen LogP contribution in [0, 0.1) is 35.5 Å². The van der Waals surface area contributed by atoms with Crippen molar-refractivity contribution >= 4 is 11.9 Å². The lowest BCUT2D eigenvalue weighted by atomic mass is 9.69. The van der Waals surface area contributed by atoms with Crippen molar-refractivity contribution in [1.29, 1.82) is 0 Å². The highest BCUT2D eigenvalue weighted by Gasteiger charge is 2.63. The van der Waals surface area contributed by atoms with E-state index in [1.54, 1.807) is 0 Å². The van der Waals surface area contributed by atoms with Crippen LogP contribution in [0.1, 0.15) is 53.4 Å². The topological polar surface area (TPSA) is 52.6 Å². The lowest BCUT2D eigenvalue weighted by Crippen LogP contribution is -2.43. The zero-order valence-electron chi connectivity index (χ0n) is 14.1. The number of carbonyl (C=O) groups excluding carboxylic acids is 2. The van der Waals surface area contributed by atoms with Crippen LogP contribution in [0.2, 0.25) is 0 Å². The molecule has 3 saturated carbocycles. The number of esters is 2. The minimum atomic E-state index is -0.280. The largest absolute Gasteiger partial charge is 0.463 e. The minimum absolute atomic E-state index is 0.132. The van der Waals surface area contributed by atoms with Gasteiger partial charge < -0.3 is 9.47 Å². The maximum Gasteiger partial charge on any atom is 0.310 e. The van der Waals surface area contributed by atoms with E-state index in [4.69, 9.17) is 9.47 Å². The second-order valence-electron chi connectivity index (χ2n) is 7.84. The smallest absolute Gasteiger partial charge is 0.310 e. The van der Waals surface area contributed by atoms with Gasteiger partial charge in [0.2, 0.25) is 0 Å². The van der Waals surface area contributed by atoms with Crippen LogP contribution >= 0.6 is 0 Å². The summed E-state index contributed by atoms with van der Waals surface area (Å²) in [5.74, 6) is 0.977. The minimum Gasteiger partial charge on any atom is -0.463 e. The normalized spacial score (nSPS) is 39.4. The average Bonchev–Trinajstić information content (AvgIpc) is 3.07. The molecule has 0 radical (unpaired) electrons. The van der Waals surface area contributed by atoms with Crippen LogP contribution < -0.4 is 0 Å². The van der Waals surface area contributed by atoms with E-state index in [1.807, 2.05) is 27.7 Å². The molecule has 3 fully saturated rings. The average molecular weight is 308 g/mol. The Morgan fingerprint density at radius 1 is 0.773 bits per heavy atom. The van der Waals surface area contributed by atoms with Gasteiger partial charge in [0.25, 0.3) is 0 Å². The third-order valence-electron chi connectivity index (χ3n) is 5.83. The molecule has 0 amide bonds. The van der Waals surface area contributed by atoms with E-state index >= 15 is 0 Å². The summed E-state index contributed by atoms with van der Waals surface area (Å²) in [6.45, 7) is 7.46. The molecular weight excluding hydrogens is 280 g/mol. The molecule has 0 spiro atoms. The summed E-state index contributed by atoms with van der Waals surface area (Å²) in [7, 11) is 0. The predicted octanol–water partition coefficient (Wildman–Crippen LogP) is 3.19. The molecular formula is C18H28O4. The zero-order chi connectivity index (χ0) is 16.0. The molecule has 6 unspecified atom stereocenters. The molecule has 0 aliphatic heterocycles. The van der Waals surface area contributed by atoms with Gasteiger partial charge in [0.1, 0.15) is 0 Å². The Kier molecular flexibility index (Phi) is 4.21. The molecule has 22 heavy (non-hydrogen) atoms. The SMILES string of the molecule is CC(C)OC(=O)C1C2CC(C3CCCC32)C1C(=O)OC(C)C. The van der Waals surface area contributed by atoms with E-state index in [0.29, 0.717) is 23.7 Å². The number of carbonyl (C=O) groups is 2. The van der Waals surface area contributed by atoms with Crippen LogP contribution in [-0.2, 0) is 19.1 Å². The summed E-state index contributed by atoms with van der Waals surface area (Å²) in [6.07, 6.45) is 4.40. The van der Waals surface area contributed by atoms with Crippen LogP contribution in [0.4, 0.5) is 0 Å². The maximum atomic E-state index is 12.6. The third-order valence-corrected chi connectivity index (χ3v) is 5.83. The fraction of sp³-hybridized carbons (Fsp3) is 0.889. The van der Waals surface area contributed by atoms with Crippen molar-refractivity contribution in [3.8, 4) is 0 Å². The molecule has 0 aromatic heterocycles. The van der Waals surface area contributed by atoms with Gasteiger partial charge in [-0.15, -0.1) is 0 Å². The summed E-state index contributed by atoms with van der Waals surface area (Å²) in [6, 6.07) is 0. The summed E-state index contributed by atoms with van der Waals surface area (Å²) < 4.78 is 10.9. The van der Waals surface area contributed by atoms with Crippen molar-refractivity contribution in [3.05, 3.63) is 0 Å². The van der Waals surface area contributed by atoms with Gasteiger partial charge in [-0.2, -0.15) is 0 Å². The second kappa shape index (κ2) is 5.86. The highest BCUT2D eigenvalue weighted by Crippen LogP contribution is 2.63. The third kappa shape index (κ3) is 2.55. The number of rotatable bonds is 4. The standard InChI is InChI=1S/C18H28O4/c1-9(2)21-17(19)15-13-8-14(12-7-5-6-11(12)13)16(15)18(20)22-10(3)4/h9-16H,5-8H2,1-4H3. The van der Waals surface area contributed by atoms with Crippen molar-refractivity contribution in [2.24, 2.45) is 35.5 Å². The van der Waals surface area contributed by atoms with Gasteiger partial charge in [-0.25, -0.2) is 0 Å². The molecule has 3 aliphatic carbocycles. The van der Waals surface area contributed by atoms with Crippen molar-refractivity contribution in [2.75, 3.05) is 0 Å². The van der Waals surface area contributed by atoms with Gasteiger partial charge in [0.05, 0.1) is 24.0 Å². The Morgan fingerprint density at radius 2 is 1.18 bits per heavy atom. The summed E-state index contributed by atoms with van der Waals surface area (Å²) in [4.78, 5) is 25.2. The van der Waals surface area contributed by atoms with E-state index in [9.17, 15) is 9.59 Å². The first-order valence-corrected chi connectivity index (χ1v) is 8.81.